The van der Waals surface area contributed by atoms with Gasteiger partial charge in [0.1, 0.15) is 34.9 Å². The Hall–Kier alpha value is -4.65. The van der Waals surface area contributed by atoms with Crippen molar-refractivity contribution in [1.82, 2.24) is 24.9 Å². The zero-order valence-corrected chi connectivity index (χ0v) is 33.6. The summed E-state index contributed by atoms with van der Waals surface area (Å²) in [5.74, 6) is 4.39. The molecule has 0 N–H and O–H groups in total. The van der Waals surface area contributed by atoms with E-state index in [0.717, 1.165) is 49.0 Å². The van der Waals surface area contributed by atoms with E-state index < -0.39 is 0 Å². The highest BCUT2D eigenvalue weighted by molar-refractivity contribution is 5.74. The quantitative estimate of drug-likeness (QED) is 0.144. The van der Waals surface area contributed by atoms with Crippen molar-refractivity contribution >= 4 is 34.9 Å². The molecule has 5 aromatic rings. The van der Waals surface area contributed by atoms with Crippen molar-refractivity contribution in [2.75, 3.05) is 9.80 Å². The molecule has 0 spiro atoms. The number of anilines is 6. The number of hydrogen-bond donors (Lipinski definition) is 0. The van der Waals surface area contributed by atoms with E-state index >= 15 is 0 Å². The summed E-state index contributed by atoms with van der Waals surface area (Å²) in [6.07, 6.45) is 11.6. The molecule has 7 heteroatoms. The van der Waals surface area contributed by atoms with Crippen molar-refractivity contribution in [2.24, 2.45) is 21.7 Å². The Balaban J connectivity index is 1.60. The van der Waals surface area contributed by atoms with E-state index in [1.54, 1.807) is 0 Å². The van der Waals surface area contributed by atoms with Crippen LogP contribution in [0.2, 0.25) is 0 Å². The summed E-state index contributed by atoms with van der Waals surface area (Å²) in [7, 11) is 0. The molecule has 5 aromatic heterocycles. The van der Waals surface area contributed by atoms with Gasteiger partial charge in [-0.05, 0) is 106 Å². The summed E-state index contributed by atoms with van der Waals surface area (Å²) < 4.78 is 0. The predicted octanol–water partition coefficient (Wildman–Crippen LogP) is 12.0. The minimum Gasteiger partial charge on any atom is -0.262 e. The van der Waals surface area contributed by atoms with Crippen molar-refractivity contribution in [1.29, 1.82) is 0 Å². The van der Waals surface area contributed by atoms with Crippen LogP contribution >= 0.6 is 0 Å². The van der Waals surface area contributed by atoms with E-state index in [4.69, 9.17) is 24.9 Å². The molecule has 0 saturated heterocycles. The van der Waals surface area contributed by atoms with E-state index in [1.807, 2.05) is 52.8 Å². The van der Waals surface area contributed by atoms with Crippen LogP contribution < -0.4 is 9.80 Å². The lowest BCUT2D eigenvalue weighted by Crippen LogP contribution is -2.19. The maximum absolute atomic E-state index is 5.30. The lowest BCUT2D eigenvalue weighted by Gasteiger charge is -2.27. The molecule has 5 rings (SSSR count). The second-order valence-electron chi connectivity index (χ2n) is 19.1. The topological polar surface area (TPSA) is 70.9 Å². The largest absolute Gasteiger partial charge is 0.262 e. The Morgan fingerprint density at radius 2 is 0.596 bits per heavy atom. The molecule has 7 nitrogen and oxygen atoms in total. The number of pyridine rings is 5. The average Bonchev–Trinajstić information content (AvgIpc) is 3.02. The number of aromatic nitrogens is 5. The SMILES string of the molecule is CC(C)(C)Cc1ccc(N(c2ccc(CC(C)(C)C)cn2)c2cccc(N(c3ccc(CC(C)(C)C)cn3)c3ccc(CC(C)(C)C)cn3)n2)nc1. The van der Waals surface area contributed by atoms with Crippen LogP contribution in [0.5, 0.6) is 0 Å². The Labute approximate surface area is 313 Å². The first-order chi connectivity index (χ1) is 24.2. The third-order valence-corrected chi connectivity index (χ3v) is 8.27. The van der Waals surface area contributed by atoms with Gasteiger partial charge in [0.2, 0.25) is 0 Å². The molecule has 0 unspecified atom stereocenters. The lowest BCUT2D eigenvalue weighted by molar-refractivity contribution is 0.410. The van der Waals surface area contributed by atoms with E-state index in [1.165, 1.54) is 22.3 Å². The normalized spacial score (nSPS) is 12.5. The molecule has 0 amide bonds. The molecule has 274 valence electrons. The van der Waals surface area contributed by atoms with Crippen LogP contribution in [0.25, 0.3) is 0 Å². The summed E-state index contributed by atoms with van der Waals surface area (Å²) in [6, 6.07) is 23.0. The standard InChI is InChI=1S/C45H59N7/c1-42(2,3)24-32-16-20-36(46-28-32)51(37-21-17-33(29-47-37)25-43(4,5)6)40-14-13-15-41(50-40)52(38-22-18-34(30-48-38)26-44(7,8)9)39-23-19-35(31-49-39)27-45(10,11)12/h13-23,28-31H,24-27H2,1-12H3. The molecule has 0 saturated carbocycles. The van der Waals surface area contributed by atoms with Crippen LogP contribution in [-0.4, -0.2) is 24.9 Å². The van der Waals surface area contributed by atoms with Crippen LogP contribution in [0, 0.1) is 21.7 Å². The minimum absolute atomic E-state index is 0.157. The van der Waals surface area contributed by atoms with Gasteiger partial charge >= 0.3 is 0 Å². The smallest absolute Gasteiger partial charge is 0.142 e. The Bertz CT molecular complexity index is 1630. The monoisotopic (exact) mass is 697 g/mol. The zero-order chi connectivity index (χ0) is 37.9. The summed E-state index contributed by atoms with van der Waals surface area (Å²) >= 11 is 0. The molecular formula is C45H59N7. The maximum Gasteiger partial charge on any atom is 0.142 e. The first-order valence-corrected chi connectivity index (χ1v) is 18.6. The van der Waals surface area contributed by atoms with E-state index in [9.17, 15) is 0 Å². The van der Waals surface area contributed by atoms with Crippen LogP contribution in [0.3, 0.4) is 0 Å². The van der Waals surface area contributed by atoms with Crippen molar-refractivity contribution in [2.45, 2.75) is 109 Å². The van der Waals surface area contributed by atoms with Crippen molar-refractivity contribution in [3.63, 3.8) is 0 Å². The fourth-order valence-corrected chi connectivity index (χ4v) is 6.43. The van der Waals surface area contributed by atoms with Gasteiger partial charge in [0, 0.05) is 24.8 Å². The highest BCUT2D eigenvalue weighted by Gasteiger charge is 2.23. The Morgan fingerprint density at radius 1 is 0.346 bits per heavy atom. The third kappa shape index (κ3) is 11.2. The third-order valence-electron chi connectivity index (χ3n) is 8.27. The lowest BCUT2D eigenvalue weighted by atomic mass is 9.89. The highest BCUT2D eigenvalue weighted by Crippen LogP contribution is 2.37. The average molecular weight is 698 g/mol. The van der Waals surface area contributed by atoms with Gasteiger partial charge in [-0.25, -0.2) is 24.9 Å². The van der Waals surface area contributed by atoms with E-state index in [2.05, 4.69) is 132 Å². The van der Waals surface area contributed by atoms with Crippen molar-refractivity contribution < 1.29 is 0 Å². The van der Waals surface area contributed by atoms with E-state index in [0.29, 0.717) is 11.6 Å². The Morgan fingerprint density at radius 3 is 0.788 bits per heavy atom. The van der Waals surface area contributed by atoms with Gasteiger partial charge < -0.3 is 0 Å². The summed E-state index contributed by atoms with van der Waals surface area (Å²) in [6.45, 7) is 27.0. The molecule has 0 aliphatic heterocycles. The first-order valence-electron chi connectivity index (χ1n) is 18.6. The molecular weight excluding hydrogens is 639 g/mol. The molecule has 0 atom stereocenters. The molecule has 0 radical (unpaired) electrons. The molecule has 0 aliphatic carbocycles. The van der Waals surface area contributed by atoms with Gasteiger partial charge in [0.15, 0.2) is 0 Å². The maximum atomic E-state index is 5.30. The fourth-order valence-electron chi connectivity index (χ4n) is 6.43. The predicted molar refractivity (Wildman–Crippen MR) is 217 cm³/mol. The van der Waals surface area contributed by atoms with Gasteiger partial charge in [0.05, 0.1) is 0 Å². The minimum atomic E-state index is 0.157. The summed E-state index contributed by atoms with van der Waals surface area (Å²) in [5.41, 5.74) is 5.41. The van der Waals surface area contributed by atoms with E-state index in [-0.39, 0.29) is 21.7 Å². The molecule has 0 fully saturated rings. The molecule has 0 aliphatic rings. The van der Waals surface area contributed by atoms with Gasteiger partial charge in [-0.1, -0.05) is 113 Å². The van der Waals surface area contributed by atoms with Crippen LogP contribution in [0.15, 0.2) is 91.5 Å². The number of nitrogens with zero attached hydrogens (tertiary/aromatic N) is 7. The number of hydrogen-bond acceptors (Lipinski definition) is 7. The van der Waals surface area contributed by atoms with Crippen molar-refractivity contribution in [3.8, 4) is 0 Å². The van der Waals surface area contributed by atoms with Crippen LogP contribution in [0.4, 0.5) is 34.9 Å². The molecule has 52 heavy (non-hydrogen) atoms. The van der Waals surface area contributed by atoms with Gasteiger partial charge in [-0.15, -0.1) is 0 Å². The van der Waals surface area contributed by atoms with Crippen LogP contribution in [-0.2, 0) is 25.7 Å². The molecule has 0 aromatic carbocycles. The van der Waals surface area contributed by atoms with Crippen molar-refractivity contribution in [3.05, 3.63) is 114 Å². The van der Waals surface area contributed by atoms with Gasteiger partial charge in [0.25, 0.3) is 0 Å². The first kappa shape index (κ1) is 38.6. The van der Waals surface area contributed by atoms with Gasteiger partial charge in [-0.2, -0.15) is 0 Å². The highest BCUT2D eigenvalue weighted by atomic mass is 15.3. The summed E-state index contributed by atoms with van der Waals surface area (Å²) in [5, 5.41) is 0. The zero-order valence-electron chi connectivity index (χ0n) is 33.6. The second-order valence-corrected chi connectivity index (χ2v) is 19.1. The molecule has 5 heterocycles. The second kappa shape index (κ2) is 15.1. The molecule has 0 bridgehead atoms. The number of rotatable bonds is 10. The van der Waals surface area contributed by atoms with Gasteiger partial charge in [-0.3, -0.25) is 9.80 Å². The fraction of sp³-hybridized carbons (Fsp3) is 0.444. The van der Waals surface area contributed by atoms with Crippen LogP contribution in [0.1, 0.15) is 105 Å². The Kier molecular flexibility index (Phi) is 11.2. The summed E-state index contributed by atoms with van der Waals surface area (Å²) in [4.78, 5) is 29.3.